The van der Waals surface area contributed by atoms with Gasteiger partial charge in [0.25, 0.3) is 0 Å². The van der Waals surface area contributed by atoms with Crippen LogP contribution in [-0.2, 0) is 26.8 Å². The number of nitrogens with zero attached hydrogens (tertiary/aromatic N) is 1. The Labute approximate surface area is 184 Å². The van der Waals surface area contributed by atoms with Crippen LogP contribution in [-0.4, -0.2) is 32.2 Å². The molecule has 0 saturated heterocycles. The van der Waals surface area contributed by atoms with Crippen LogP contribution in [0.1, 0.15) is 43.2 Å². The van der Waals surface area contributed by atoms with E-state index in [4.69, 9.17) is 5.73 Å². The van der Waals surface area contributed by atoms with Crippen molar-refractivity contribution in [3.8, 4) is 17.2 Å². The van der Waals surface area contributed by atoms with Gasteiger partial charge in [0.1, 0.15) is 6.04 Å². The Kier molecular flexibility index (Phi) is 7.14. The summed E-state index contributed by atoms with van der Waals surface area (Å²) < 4.78 is 23.1. The zero-order valence-corrected chi connectivity index (χ0v) is 18.6. The van der Waals surface area contributed by atoms with Crippen LogP contribution in [0.2, 0.25) is 0 Å². The molecule has 0 unspecified atom stereocenters. The van der Waals surface area contributed by atoms with Crippen LogP contribution in [0.25, 0.3) is 11.1 Å². The fraction of sp³-hybridized carbons (Fsp3) is 0.417. The largest absolute Gasteiger partial charge is 0.338 e. The summed E-state index contributed by atoms with van der Waals surface area (Å²) in [6.45, 7) is 0. The molecule has 0 radical (unpaired) electrons. The highest BCUT2D eigenvalue weighted by molar-refractivity contribution is 7.89. The van der Waals surface area contributed by atoms with Gasteiger partial charge in [-0.1, -0.05) is 67.8 Å². The van der Waals surface area contributed by atoms with Crippen LogP contribution >= 0.6 is 0 Å². The number of nitriles is 1. The summed E-state index contributed by atoms with van der Waals surface area (Å²) in [5.41, 5.74) is 8.97. The van der Waals surface area contributed by atoms with E-state index in [1.54, 1.807) is 6.07 Å². The third-order valence-electron chi connectivity index (χ3n) is 5.74. The Bertz CT molecular complexity index is 1070. The quantitative estimate of drug-likeness (QED) is 0.688. The molecule has 0 aliphatic heterocycles. The van der Waals surface area contributed by atoms with E-state index in [2.05, 4.69) is 11.4 Å². The molecular weight excluding hydrogens is 410 g/mol. The van der Waals surface area contributed by atoms with E-state index in [-0.39, 0.29) is 11.7 Å². The smallest absolute Gasteiger partial charge is 0.241 e. The molecule has 164 valence electrons. The zero-order valence-electron chi connectivity index (χ0n) is 17.8. The van der Waals surface area contributed by atoms with Crippen molar-refractivity contribution in [3.63, 3.8) is 0 Å². The van der Waals surface area contributed by atoms with Crippen LogP contribution in [0.15, 0.2) is 48.5 Å². The molecule has 1 aliphatic rings. The Morgan fingerprint density at radius 3 is 2.39 bits per heavy atom. The van der Waals surface area contributed by atoms with E-state index < -0.39 is 21.4 Å². The lowest BCUT2D eigenvalue weighted by Gasteiger charge is -2.32. The van der Waals surface area contributed by atoms with Gasteiger partial charge in [-0.25, -0.2) is 8.42 Å². The normalized spacial score (nSPS) is 16.8. The molecule has 2 aromatic rings. The van der Waals surface area contributed by atoms with Gasteiger partial charge in [0.2, 0.25) is 5.91 Å². The Morgan fingerprint density at radius 1 is 1.10 bits per heavy atom. The molecule has 1 amide bonds. The molecule has 0 aromatic heterocycles. The second-order valence-electron chi connectivity index (χ2n) is 8.54. The van der Waals surface area contributed by atoms with Crippen molar-refractivity contribution in [1.82, 2.24) is 5.32 Å². The number of rotatable bonds is 7. The van der Waals surface area contributed by atoms with Gasteiger partial charge in [0.05, 0.1) is 17.4 Å². The van der Waals surface area contributed by atoms with Gasteiger partial charge in [-0.15, -0.1) is 0 Å². The molecule has 1 aliphatic carbocycles. The summed E-state index contributed by atoms with van der Waals surface area (Å²) in [6.07, 6.45) is 5.90. The standard InChI is InChI=1S/C24H29N3O3S/c1-31(29,30)17-19-6-5-7-21(14-19)20-10-8-18(9-11-20)15-22(16-25)27-23(28)24(26)12-3-2-4-13-24/h5-11,14,22H,2-4,12-13,15,17,26H2,1H3,(H,27,28)/t22-/m0/s1. The summed E-state index contributed by atoms with van der Waals surface area (Å²) in [6, 6.07) is 16.7. The first kappa shape index (κ1) is 23.0. The predicted octanol–water partition coefficient (Wildman–Crippen LogP) is 3.11. The van der Waals surface area contributed by atoms with Gasteiger partial charge in [0.15, 0.2) is 9.84 Å². The first-order valence-electron chi connectivity index (χ1n) is 10.5. The molecule has 3 rings (SSSR count). The second-order valence-corrected chi connectivity index (χ2v) is 10.7. The third-order valence-corrected chi connectivity index (χ3v) is 6.60. The zero-order chi connectivity index (χ0) is 22.5. The lowest BCUT2D eigenvalue weighted by Crippen LogP contribution is -2.57. The Morgan fingerprint density at radius 2 is 1.77 bits per heavy atom. The van der Waals surface area contributed by atoms with Crippen molar-refractivity contribution in [1.29, 1.82) is 5.26 Å². The molecule has 31 heavy (non-hydrogen) atoms. The first-order chi connectivity index (χ1) is 14.7. The van der Waals surface area contributed by atoms with Crippen LogP contribution in [0.5, 0.6) is 0 Å². The molecule has 1 saturated carbocycles. The fourth-order valence-corrected chi connectivity index (χ4v) is 4.84. The van der Waals surface area contributed by atoms with Gasteiger partial charge in [-0.3, -0.25) is 4.79 Å². The average molecular weight is 440 g/mol. The third kappa shape index (κ3) is 6.39. The number of benzene rings is 2. The Balaban J connectivity index is 1.66. The van der Waals surface area contributed by atoms with Crippen LogP contribution in [0, 0.1) is 11.3 Å². The molecule has 2 aromatic carbocycles. The first-order valence-corrected chi connectivity index (χ1v) is 12.6. The van der Waals surface area contributed by atoms with E-state index in [0.29, 0.717) is 19.3 Å². The highest BCUT2D eigenvalue weighted by Crippen LogP contribution is 2.26. The number of hydrogen-bond acceptors (Lipinski definition) is 5. The highest BCUT2D eigenvalue weighted by atomic mass is 32.2. The van der Waals surface area contributed by atoms with Gasteiger partial charge in [-0.05, 0) is 35.1 Å². The topological polar surface area (TPSA) is 113 Å². The number of carbonyl (C=O) groups excluding carboxylic acids is 1. The minimum atomic E-state index is -3.10. The molecule has 3 N–H and O–H groups in total. The SMILES string of the molecule is CS(=O)(=O)Cc1cccc(-c2ccc(C[C@@H](C#N)NC(=O)C3(N)CCCCC3)cc2)c1. The molecule has 1 atom stereocenters. The molecule has 6 nitrogen and oxygen atoms in total. The van der Waals surface area contributed by atoms with Gasteiger partial charge >= 0.3 is 0 Å². The summed E-state index contributed by atoms with van der Waals surface area (Å²) in [5, 5.41) is 12.3. The summed E-state index contributed by atoms with van der Waals surface area (Å²) in [4.78, 5) is 12.6. The van der Waals surface area contributed by atoms with Crippen molar-refractivity contribution in [2.24, 2.45) is 5.73 Å². The molecule has 0 spiro atoms. The van der Waals surface area contributed by atoms with Crippen LogP contribution in [0.4, 0.5) is 0 Å². The van der Waals surface area contributed by atoms with Crippen molar-refractivity contribution < 1.29 is 13.2 Å². The molecule has 7 heteroatoms. The van der Waals surface area contributed by atoms with Gasteiger partial charge in [-0.2, -0.15) is 5.26 Å². The minimum absolute atomic E-state index is 0.00506. The van der Waals surface area contributed by atoms with E-state index in [1.165, 1.54) is 6.26 Å². The van der Waals surface area contributed by atoms with E-state index in [9.17, 15) is 18.5 Å². The lowest BCUT2D eigenvalue weighted by atomic mass is 9.81. The number of nitrogens with one attached hydrogen (secondary N) is 1. The van der Waals surface area contributed by atoms with E-state index >= 15 is 0 Å². The lowest BCUT2D eigenvalue weighted by molar-refractivity contribution is -0.127. The average Bonchev–Trinajstić information content (AvgIpc) is 2.73. The number of carbonyl (C=O) groups is 1. The van der Waals surface area contributed by atoms with Gasteiger partial charge < -0.3 is 11.1 Å². The minimum Gasteiger partial charge on any atom is -0.338 e. The molecule has 0 heterocycles. The van der Waals surface area contributed by atoms with Crippen LogP contribution < -0.4 is 11.1 Å². The maximum absolute atomic E-state index is 12.6. The van der Waals surface area contributed by atoms with Crippen molar-refractivity contribution in [2.75, 3.05) is 6.26 Å². The van der Waals surface area contributed by atoms with Gasteiger partial charge in [0, 0.05) is 12.7 Å². The van der Waals surface area contributed by atoms with Crippen molar-refractivity contribution in [3.05, 3.63) is 59.7 Å². The maximum Gasteiger partial charge on any atom is 0.241 e. The van der Waals surface area contributed by atoms with E-state index in [1.807, 2.05) is 42.5 Å². The monoisotopic (exact) mass is 439 g/mol. The molecule has 1 fully saturated rings. The molecule has 0 bridgehead atoms. The number of nitrogens with two attached hydrogens (primary N) is 1. The van der Waals surface area contributed by atoms with Crippen molar-refractivity contribution in [2.45, 2.75) is 55.9 Å². The summed E-state index contributed by atoms with van der Waals surface area (Å²) >= 11 is 0. The number of hydrogen-bond donors (Lipinski definition) is 2. The fourth-order valence-electron chi connectivity index (χ4n) is 4.05. The number of amides is 1. The second kappa shape index (κ2) is 9.63. The van der Waals surface area contributed by atoms with E-state index in [0.717, 1.165) is 41.5 Å². The Hall–Kier alpha value is -2.69. The molecular formula is C24H29N3O3S. The number of sulfone groups is 1. The summed E-state index contributed by atoms with van der Waals surface area (Å²) in [7, 11) is -3.10. The maximum atomic E-state index is 12.6. The summed E-state index contributed by atoms with van der Waals surface area (Å²) in [5.74, 6) is -0.233. The predicted molar refractivity (Wildman–Crippen MR) is 122 cm³/mol. The highest BCUT2D eigenvalue weighted by Gasteiger charge is 2.36. The van der Waals surface area contributed by atoms with Crippen molar-refractivity contribution >= 4 is 15.7 Å². The van der Waals surface area contributed by atoms with Crippen LogP contribution in [0.3, 0.4) is 0 Å².